The summed E-state index contributed by atoms with van der Waals surface area (Å²) >= 11 is 0. The molecule has 1 aliphatic heterocycles. The molecule has 7 heteroatoms. The van der Waals surface area contributed by atoms with Crippen LogP contribution in [-0.2, 0) is 16.1 Å². The molecule has 0 aliphatic carbocycles. The molecule has 6 nitrogen and oxygen atoms in total. The molecular weight excluding hydrogens is 304 g/mol. The molecule has 1 aromatic carbocycles. The predicted molar refractivity (Wildman–Crippen MR) is 86.1 cm³/mol. The Morgan fingerprint density at radius 2 is 2.14 bits per heavy atom. The van der Waals surface area contributed by atoms with Crippen molar-refractivity contribution in [2.24, 2.45) is 11.7 Å². The quantitative estimate of drug-likeness (QED) is 0.826. The number of amides is 2. The van der Waals surface area contributed by atoms with Crippen molar-refractivity contribution in [2.45, 2.75) is 13.0 Å². The van der Waals surface area contributed by atoms with Crippen LogP contribution in [0.15, 0.2) is 30.5 Å². The first-order valence-corrected chi connectivity index (χ1v) is 6.77. The van der Waals surface area contributed by atoms with Gasteiger partial charge in [-0.3, -0.25) is 9.59 Å². The number of benzene rings is 1. The summed E-state index contributed by atoms with van der Waals surface area (Å²) in [6, 6.07) is 7.69. The average molecular weight is 321 g/mol. The first-order chi connectivity index (χ1) is 10.1. The highest BCUT2D eigenvalue weighted by Crippen LogP contribution is 2.23. The van der Waals surface area contributed by atoms with Crippen LogP contribution in [0.1, 0.15) is 12.0 Å². The average Bonchev–Trinajstić information content (AvgIpc) is 2.80. The van der Waals surface area contributed by atoms with E-state index >= 15 is 0 Å². The number of halogens is 1. The van der Waals surface area contributed by atoms with Crippen molar-refractivity contribution >= 4 is 40.8 Å². The van der Waals surface area contributed by atoms with Gasteiger partial charge in [0.2, 0.25) is 11.8 Å². The molecule has 22 heavy (non-hydrogen) atoms. The molecular formula is C15H17ClN4O2. The minimum atomic E-state index is -0.676. The van der Waals surface area contributed by atoms with Crippen molar-refractivity contribution in [3.63, 3.8) is 0 Å². The van der Waals surface area contributed by atoms with Crippen LogP contribution in [0.2, 0.25) is 0 Å². The third-order valence-corrected chi connectivity index (χ3v) is 3.87. The second-order valence-corrected chi connectivity index (χ2v) is 5.26. The lowest BCUT2D eigenvalue weighted by Gasteiger charge is -2.16. The van der Waals surface area contributed by atoms with Crippen LogP contribution in [0.5, 0.6) is 0 Å². The highest BCUT2D eigenvalue weighted by Gasteiger charge is 2.35. The van der Waals surface area contributed by atoms with Crippen molar-refractivity contribution in [1.82, 2.24) is 9.88 Å². The summed E-state index contributed by atoms with van der Waals surface area (Å²) in [5.74, 6) is -0.910. The Morgan fingerprint density at radius 3 is 2.82 bits per heavy atom. The summed E-state index contributed by atoms with van der Waals surface area (Å²) < 4.78 is 0. The van der Waals surface area contributed by atoms with Crippen LogP contribution in [0.3, 0.4) is 0 Å². The standard InChI is InChI=1S/C15H16N4O2.ClH/c16-13-11-2-1-9(7-10(11)3-5-18-13)8-19-6-4-12(14(17)20)15(19)21;/h1-3,5,7,12H,4,6,8H2,(H2,16,18)(H2,17,20);1H/t12-;/m0./s1. The second-order valence-electron chi connectivity index (χ2n) is 5.26. The molecule has 2 amide bonds. The number of fused-ring (bicyclic) bond motifs is 1. The second kappa shape index (κ2) is 6.19. The van der Waals surface area contributed by atoms with Crippen LogP contribution in [0.25, 0.3) is 10.8 Å². The lowest BCUT2D eigenvalue weighted by Crippen LogP contribution is -2.33. The van der Waals surface area contributed by atoms with Crippen molar-refractivity contribution < 1.29 is 9.59 Å². The maximum atomic E-state index is 12.1. The van der Waals surface area contributed by atoms with Crippen molar-refractivity contribution in [3.05, 3.63) is 36.0 Å². The highest BCUT2D eigenvalue weighted by atomic mass is 35.5. The van der Waals surface area contributed by atoms with Gasteiger partial charge < -0.3 is 16.4 Å². The van der Waals surface area contributed by atoms with Crippen LogP contribution in [-0.4, -0.2) is 28.2 Å². The molecule has 0 radical (unpaired) electrons. The largest absolute Gasteiger partial charge is 0.383 e. The third kappa shape index (κ3) is 2.82. The Kier molecular flexibility index (Phi) is 4.51. The fourth-order valence-electron chi connectivity index (χ4n) is 2.73. The van der Waals surface area contributed by atoms with Crippen molar-refractivity contribution in [1.29, 1.82) is 0 Å². The van der Waals surface area contributed by atoms with Gasteiger partial charge in [-0.15, -0.1) is 12.4 Å². The number of aromatic nitrogens is 1. The molecule has 2 heterocycles. The zero-order valence-electron chi connectivity index (χ0n) is 11.9. The number of hydrogen-bond acceptors (Lipinski definition) is 4. The molecule has 0 bridgehead atoms. The molecule has 116 valence electrons. The lowest BCUT2D eigenvalue weighted by molar-refractivity contribution is -0.136. The number of carbonyl (C=O) groups excluding carboxylic acids is 2. The maximum Gasteiger partial charge on any atom is 0.235 e. The van der Waals surface area contributed by atoms with Gasteiger partial charge in [0.05, 0.1) is 0 Å². The van der Waals surface area contributed by atoms with Gasteiger partial charge in [0.1, 0.15) is 11.7 Å². The van der Waals surface area contributed by atoms with Crippen LogP contribution in [0, 0.1) is 5.92 Å². The number of nitrogen functional groups attached to an aromatic ring is 1. The van der Waals surface area contributed by atoms with Gasteiger partial charge in [-0.1, -0.05) is 12.1 Å². The normalized spacial score (nSPS) is 17.5. The monoisotopic (exact) mass is 320 g/mol. The Balaban J connectivity index is 0.00000176. The minimum absolute atomic E-state index is 0. The van der Waals surface area contributed by atoms with E-state index in [0.717, 1.165) is 16.3 Å². The number of primary amides is 1. The molecule has 1 aliphatic rings. The Morgan fingerprint density at radius 1 is 1.36 bits per heavy atom. The van der Waals surface area contributed by atoms with Gasteiger partial charge in [-0.05, 0) is 29.5 Å². The fraction of sp³-hybridized carbons (Fsp3) is 0.267. The summed E-state index contributed by atoms with van der Waals surface area (Å²) in [5, 5.41) is 1.88. The number of rotatable bonds is 3. The maximum absolute atomic E-state index is 12.1. The number of carbonyl (C=O) groups is 2. The molecule has 0 unspecified atom stereocenters. The topological polar surface area (TPSA) is 102 Å². The van der Waals surface area contributed by atoms with E-state index in [1.165, 1.54) is 0 Å². The Hall–Kier alpha value is -2.34. The van der Waals surface area contributed by atoms with Gasteiger partial charge in [-0.25, -0.2) is 4.98 Å². The van der Waals surface area contributed by atoms with Crippen LogP contribution < -0.4 is 11.5 Å². The van der Waals surface area contributed by atoms with E-state index in [9.17, 15) is 9.59 Å². The van der Waals surface area contributed by atoms with Gasteiger partial charge in [0.15, 0.2) is 0 Å². The Bertz CT molecular complexity index is 735. The predicted octanol–water partition coefficient (Wildman–Crippen LogP) is 1.07. The zero-order chi connectivity index (χ0) is 15.0. The summed E-state index contributed by atoms with van der Waals surface area (Å²) in [6.45, 7) is 1.03. The van der Waals surface area contributed by atoms with Crippen LogP contribution in [0.4, 0.5) is 5.82 Å². The van der Waals surface area contributed by atoms with E-state index in [-0.39, 0.29) is 18.3 Å². The summed E-state index contributed by atoms with van der Waals surface area (Å²) in [6.07, 6.45) is 2.16. The van der Waals surface area contributed by atoms with E-state index < -0.39 is 11.8 Å². The zero-order valence-corrected chi connectivity index (χ0v) is 12.7. The van der Waals surface area contributed by atoms with E-state index in [1.807, 2.05) is 24.3 Å². The molecule has 1 atom stereocenters. The summed E-state index contributed by atoms with van der Waals surface area (Å²) in [4.78, 5) is 29.0. The van der Waals surface area contributed by atoms with E-state index in [4.69, 9.17) is 11.5 Å². The first-order valence-electron chi connectivity index (χ1n) is 6.77. The lowest BCUT2D eigenvalue weighted by atomic mass is 10.1. The molecule has 1 aromatic heterocycles. The highest BCUT2D eigenvalue weighted by molar-refractivity contribution is 6.01. The molecule has 1 saturated heterocycles. The molecule has 2 aromatic rings. The van der Waals surface area contributed by atoms with Crippen LogP contribution >= 0.6 is 12.4 Å². The van der Waals surface area contributed by atoms with Gasteiger partial charge in [0.25, 0.3) is 0 Å². The minimum Gasteiger partial charge on any atom is -0.383 e. The summed E-state index contributed by atoms with van der Waals surface area (Å²) in [5.41, 5.74) is 12.0. The molecule has 1 fully saturated rings. The third-order valence-electron chi connectivity index (χ3n) is 3.87. The van der Waals surface area contributed by atoms with Crippen molar-refractivity contribution in [2.75, 3.05) is 12.3 Å². The molecule has 3 rings (SSSR count). The molecule has 0 spiro atoms. The number of hydrogen-bond donors (Lipinski definition) is 2. The van der Waals surface area contributed by atoms with Gasteiger partial charge >= 0.3 is 0 Å². The van der Waals surface area contributed by atoms with E-state index in [0.29, 0.717) is 25.3 Å². The fourth-order valence-corrected chi connectivity index (χ4v) is 2.73. The molecule has 4 N–H and O–H groups in total. The SMILES string of the molecule is Cl.NC(=O)[C@@H]1CCN(Cc2ccc3c(N)nccc3c2)C1=O. The Labute approximate surface area is 133 Å². The first kappa shape index (κ1) is 16.0. The number of likely N-dealkylation sites (tertiary alicyclic amines) is 1. The van der Waals surface area contributed by atoms with Crippen molar-refractivity contribution in [3.8, 4) is 0 Å². The number of pyridine rings is 1. The summed E-state index contributed by atoms with van der Waals surface area (Å²) in [7, 11) is 0. The van der Waals surface area contributed by atoms with Gasteiger partial charge in [0, 0.05) is 24.7 Å². The number of anilines is 1. The van der Waals surface area contributed by atoms with E-state index in [1.54, 1.807) is 11.1 Å². The van der Waals surface area contributed by atoms with E-state index in [2.05, 4.69) is 4.98 Å². The number of nitrogens with zero attached hydrogens (tertiary/aromatic N) is 2. The molecule has 0 saturated carbocycles. The smallest absolute Gasteiger partial charge is 0.235 e. The number of nitrogens with two attached hydrogens (primary N) is 2. The van der Waals surface area contributed by atoms with Gasteiger partial charge in [-0.2, -0.15) is 0 Å².